The number of aromatic nitrogens is 2. The van der Waals surface area contributed by atoms with E-state index in [0.717, 1.165) is 5.56 Å². The molecule has 0 fully saturated rings. The van der Waals surface area contributed by atoms with Gasteiger partial charge in [-0.3, -0.25) is 4.79 Å². The number of carbonyl (C=O) groups is 1. The van der Waals surface area contributed by atoms with Crippen LogP contribution in [-0.4, -0.2) is 40.8 Å². The molecule has 3 aromatic rings. The minimum absolute atomic E-state index is 0.107. The van der Waals surface area contributed by atoms with Crippen LogP contribution in [0, 0.1) is 5.92 Å². The van der Waals surface area contributed by atoms with Gasteiger partial charge in [0.25, 0.3) is 5.91 Å². The third-order valence-electron chi connectivity index (χ3n) is 4.67. The lowest BCUT2D eigenvalue weighted by molar-refractivity contribution is 0.0735. The monoisotopic (exact) mass is 427 g/mol. The lowest BCUT2D eigenvalue weighted by Crippen LogP contribution is -2.36. The summed E-state index contributed by atoms with van der Waals surface area (Å²) in [6, 6.07) is 12.6. The van der Waals surface area contributed by atoms with Gasteiger partial charge in [0.2, 0.25) is 18.5 Å². The number of benzene rings is 2. The Bertz CT molecular complexity index is 1050. The highest BCUT2D eigenvalue weighted by molar-refractivity contribution is 6.33. The maximum atomic E-state index is 13.0. The molecule has 1 amide bonds. The average Bonchev–Trinajstić information content (AvgIpc) is 3.39. The number of fused-ring (bicyclic) bond motifs is 1. The average molecular weight is 428 g/mol. The molecule has 1 aliphatic rings. The molecule has 2 aromatic carbocycles. The highest BCUT2D eigenvalue weighted by atomic mass is 35.5. The molecule has 0 atom stereocenters. The molecule has 0 N–H and O–H groups in total. The molecule has 0 saturated heterocycles. The summed E-state index contributed by atoms with van der Waals surface area (Å²) < 4.78 is 16.1. The summed E-state index contributed by atoms with van der Waals surface area (Å²) in [7, 11) is 0. The molecule has 1 aliphatic heterocycles. The van der Waals surface area contributed by atoms with Crippen molar-refractivity contribution < 1.29 is 18.8 Å². The van der Waals surface area contributed by atoms with Crippen LogP contribution in [0.2, 0.25) is 5.02 Å². The number of carbonyl (C=O) groups excluding carboxylic acids is 1. The lowest BCUT2D eigenvalue weighted by atomic mass is 10.1. The van der Waals surface area contributed by atoms with Crippen LogP contribution in [0.15, 0.2) is 47.0 Å². The summed E-state index contributed by atoms with van der Waals surface area (Å²) in [5.74, 6) is 2.49. The molecule has 2 heterocycles. The fourth-order valence-electron chi connectivity index (χ4n) is 3.26. The summed E-state index contributed by atoms with van der Waals surface area (Å²) in [5, 5.41) is 4.50. The molecule has 0 bridgehead atoms. The number of hydrogen-bond acceptors (Lipinski definition) is 6. The molecule has 156 valence electrons. The topological polar surface area (TPSA) is 77.7 Å². The second-order valence-electron chi connectivity index (χ2n) is 7.45. The molecule has 0 aliphatic carbocycles. The Kier molecular flexibility index (Phi) is 5.90. The predicted molar refractivity (Wildman–Crippen MR) is 112 cm³/mol. The van der Waals surface area contributed by atoms with Gasteiger partial charge in [-0.15, -0.1) is 0 Å². The van der Waals surface area contributed by atoms with E-state index in [1.54, 1.807) is 17.0 Å². The zero-order valence-corrected chi connectivity index (χ0v) is 17.6. The smallest absolute Gasteiger partial charge is 0.255 e. The number of nitrogens with zero attached hydrogens (tertiary/aromatic N) is 3. The standard InChI is InChI=1S/C22H22ClN3O4/c1-14(2)12-26(22(27)16-5-3-4-6-17(16)23)10-9-20-24-21(25-30-20)15-7-8-18-19(11-15)29-13-28-18/h3-8,11,14H,9-10,12-13H2,1-2H3. The van der Waals surface area contributed by atoms with Gasteiger partial charge in [-0.1, -0.05) is 42.7 Å². The number of halogens is 1. The van der Waals surface area contributed by atoms with Gasteiger partial charge < -0.3 is 18.9 Å². The van der Waals surface area contributed by atoms with Gasteiger partial charge in [-0.2, -0.15) is 4.98 Å². The number of ether oxygens (including phenoxy) is 2. The van der Waals surface area contributed by atoms with E-state index >= 15 is 0 Å². The molecule has 0 radical (unpaired) electrons. The van der Waals surface area contributed by atoms with Crippen LogP contribution in [0.25, 0.3) is 11.4 Å². The van der Waals surface area contributed by atoms with E-state index < -0.39 is 0 Å². The Labute approximate surface area is 179 Å². The van der Waals surface area contributed by atoms with E-state index in [9.17, 15) is 4.79 Å². The van der Waals surface area contributed by atoms with E-state index in [1.165, 1.54) is 0 Å². The van der Waals surface area contributed by atoms with Gasteiger partial charge in [0, 0.05) is 25.1 Å². The van der Waals surface area contributed by atoms with Crippen molar-refractivity contribution in [2.75, 3.05) is 19.9 Å². The maximum absolute atomic E-state index is 13.0. The third kappa shape index (κ3) is 4.41. The van der Waals surface area contributed by atoms with Crippen molar-refractivity contribution in [2.24, 2.45) is 5.92 Å². The van der Waals surface area contributed by atoms with E-state index in [0.29, 0.717) is 59.2 Å². The number of rotatable bonds is 7. The first-order valence-electron chi connectivity index (χ1n) is 9.77. The molecule has 0 saturated carbocycles. The van der Waals surface area contributed by atoms with Gasteiger partial charge in [-0.05, 0) is 36.2 Å². The lowest BCUT2D eigenvalue weighted by Gasteiger charge is -2.24. The highest BCUT2D eigenvalue weighted by Crippen LogP contribution is 2.35. The minimum atomic E-state index is -0.107. The van der Waals surface area contributed by atoms with Gasteiger partial charge in [0.15, 0.2) is 11.5 Å². The second-order valence-corrected chi connectivity index (χ2v) is 7.86. The molecule has 8 heteroatoms. The van der Waals surface area contributed by atoms with Crippen molar-refractivity contribution in [2.45, 2.75) is 20.3 Å². The first-order chi connectivity index (χ1) is 14.5. The molecule has 7 nitrogen and oxygen atoms in total. The molecule has 30 heavy (non-hydrogen) atoms. The van der Waals surface area contributed by atoms with Crippen LogP contribution < -0.4 is 9.47 Å². The van der Waals surface area contributed by atoms with Gasteiger partial charge in [0.1, 0.15) is 0 Å². The quantitative estimate of drug-likeness (QED) is 0.554. The fraction of sp³-hybridized carbons (Fsp3) is 0.318. The van der Waals surface area contributed by atoms with Crippen LogP contribution >= 0.6 is 11.6 Å². The summed E-state index contributed by atoms with van der Waals surface area (Å²) in [6.07, 6.45) is 0.445. The van der Waals surface area contributed by atoms with E-state index in [1.807, 2.05) is 30.3 Å². The molecule has 1 aromatic heterocycles. The van der Waals surface area contributed by atoms with Gasteiger partial charge >= 0.3 is 0 Å². The van der Waals surface area contributed by atoms with Crippen molar-refractivity contribution in [3.8, 4) is 22.9 Å². The van der Waals surface area contributed by atoms with Crippen molar-refractivity contribution in [1.29, 1.82) is 0 Å². The van der Waals surface area contributed by atoms with Crippen molar-refractivity contribution in [1.82, 2.24) is 15.0 Å². The Balaban J connectivity index is 1.46. The fourth-order valence-corrected chi connectivity index (χ4v) is 3.48. The summed E-state index contributed by atoms with van der Waals surface area (Å²) in [6.45, 7) is 5.40. The zero-order valence-electron chi connectivity index (χ0n) is 16.8. The van der Waals surface area contributed by atoms with Crippen molar-refractivity contribution >= 4 is 17.5 Å². The van der Waals surface area contributed by atoms with Crippen LogP contribution in [0.1, 0.15) is 30.1 Å². The highest BCUT2D eigenvalue weighted by Gasteiger charge is 2.21. The summed E-state index contributed by atoms with van der Waals surface area (Å²) >= 11 is 6.22. The first kappa shape index (κ1) is 20.2. The summed E-state index contributed by atoms with van der Waals surface area (Å²) in [4.78, 5) is 19.2. The SMILES string of the molecule is CC(C)CN(CCc1nc(-c2ccc3c(c2)OCO3)no1)C(=O)c1ccccc1Cl. The molecular formula is C22H22ClN3O4. The number of amides is 1. The van der Waals surface area contributed by atoms with E-state index in [-0.39, 0.29) is 12.7 Å². The molecule has 4 rings (SSSR count). The van der Waals surface area contributed by atoms with Crippen LogP contribution in [0.5, 0.6) is 11.5 Å². The van der Waals surface area contributed by atoms with E-state index in [2.05, 4.69) is 24.0 Å². The van der Waals surface area contributed by atoms with Gasteiger partial charge in [0.05, 0.1) is 10.6 Å². The molecule has 0 unspecified atom stereocenters. The Morgan fingerprint density at radius 3 is 2.77 bits per heavy atom. The van der Waals surface area contributed by atoms with Crippen LogP contribution in [0.4, 0.5) is 0 Å². The largest absolute Gasteiger partial charge is 0.454 e. The first-order valence-corrected chi connectivity index (χ1v) is 10.2. The normalized spacial score (nSPS) is 12.4. The minimum Gasteiger partial charge on any atom is -0.454 e. The third-order valence-corrected chi connectivity index (χ3v) is 5.00. The zero-order chi connectivity index (χ0) is 21.1. The van der Waals surface area contributed by atoms with Gasteiger partial charge in [-0.25, -0.2) is 0 Å². The summed E-state index contributed by atoms with van der Waals surface area (Å²) in [5.41, 5.74) is 1.27. The number of hydrogen-bond donors (Lipinski definition) is 0. The Morgan fingerprint density at radius 1 is 1.17 bits per heavy atom. The van der Waals surface area contributed by atoms with Crippen molar-refractivity contribution in [3.63, 3.8) is 0 Å². The van der Waals surface area contributed by atoms with Crippen LogP contribution in [0.3, 0.4) is 0 Å². The Morgan fingerprint density at radius 2 is 1.97 bits per heavy atom. The molecule has 0 spiro atoms. The maximum Gasteiger partial charge on any atom is 0.255 e. The predicted octanol–water partition coefficient (Wildman–Crippen LogP) is 4.46. The van der Waals surface area contributed by atoms with Crippen molar-refractivity contribution in [3.05, 3.63) is 58.9 Å². The second kappa shape index (κ2) is 8.75. The van der Waals surface area contributed by atoms with E-state index in [4.69, 9.17) is 25.6 Å². The molecular weight excluding hydrogens is 406 g/mol. The van der Waals surface area contributed by atoms with Crippen LogP contribution in [-0.2, 0) is 6.42 Å². The Hall–Kier alpha value is -3.06.